The molecule has 0 aromatic heterocycles. The van der Waals surface area contributed by atoms with E-state index in [9.17, 15) is 9.59 Å². The predicted octanol–water partition coefficient (Wildman–Crippen LogP) is 5.10. The summed E-state index contributed by atoms with van der Waals surface area (Å²) in [6, 6.07) is 11.0. The van der Waals surface area contributed by atoms with Crippen molar-refractivity contribution in [1.82, 2.24) is 10.2 Å². The molecule has 1 aliphatic rings. The Labute approximate surface area is 186 Å². The molecule has 0 radical (unpaired) electrons. The number of carbonyl (C=O) groups is 2. The van der Waals surface area contributed by atoms with Crippen LogP contribution in [-0.4, -0.2) is 30.5 Å². The Hall–Kier alpha value is -2.32. The highest BCUT2D eigenvalue weighted by Crippen LogP contribution is 2.35. The van der Waals surface area contributed by atoms with Gasteiger partial charge in [-0.2, -0.15) is 0 Å². The lowest BCUT2D eigenvalue weighted by atomic mass is 10.1. The van der Waals surface area contributed by atoms with E-state index < -0.39 is 6.03 Å². The summed E-state index contributed by atoms with van der Waals surface area (Å²) in [5.74, 6) is 0.761. The molecule has 0 unspecified atom stereocenters. The number of nitrogens with one attached hydrogen (secondary N) is 1. The molecule has 6 nitrogen and oxygen atoms in total. The van der Waals surface area contributed by atoms with Crippen molar-refractivity contribution >= 4 is 49.9 Å². The third kappa shape index (κ3) is 5.00. The molecule has 0 spiro atoms. The Bertz CT molecular complexity index is 958. The molecule has 0 saturated carbocycles. The fourth-order valence-electron chi connectivity index (χ4n) is 2.83. The largest absolute Gasteiger partial charge is 0.493 e. The van der Waals surface area contributed by atoms with E-state index in [1.54, 1.807) is 25.3 Å². The molecule has 2 aromatic carbocycles. The zero-order valence-electron chi connectivity index (χ0n) is 16.0. The van der Waals surface area contributed by atoms with Gasteiger partial charge in [-0.1, -0.05) is 50.9 Å². The molecule has 3 rings (SSSR count). The number of carbonyl (C=O) groups excluding carboxylic acids is 2. The first-order valence-electron chi connectivity index (χ1n) is 9.02. The first kappa shape index (κ1) is 21.4. The number of amides is 3. The van der Waals surface area contributed by atoms with Crippen molar-refractivity contribution < 1.29 is 19.1 Å². The number of halogens is 2. The van der Waals surface area contributed by atoms with Gasteiger partial charge < -0.3 is 14.8 Å². The van der Waals surface area contributed by atoms with Crippen LogP contribution in [0.15, 0.2) is 51.0 Å². The number of rotatable bonds is 7. The number of hydrogen-bond donors (Lipinski definition) is 1. The molecule has 1 aliphatic heterocycles. The maximum atomic E-state index is 12.4. The van der Waals surface area contributed by atoms with Gasteiger partial charge in [-0.15, -0.1) is 0 Å². The van der Waals surface area contributed by atoms with Crippen LogP contribution in [0.4, 0.5) is 4.79 Å². The zero-order valence-corrected chi connectivity index (χ0v) is 19.2. The van der Waals surface area contributed by atoms with E-state index in [1.807, 2.05) is 31.2 Å². The van der Waals surface area contributed by atoms with Crippen molar-refractivity contribution in [2.75, 3.05) is 13.7 Å². The Morgan fingerprint density at radius 3 is 2.48 bits per heavy atom. The van der Waals surface area contributed by atoms with Crippen LogP contribution in [0.2, 0.25) is 0 Å². The van der Waals surface area contributed by atoms with Crippen molar-refractivity contribution in [2.24, 2.45) is 0 Å². The van der Waals surface area contributed by atoms with Crippen LogP contribution in [0.5, 0.6) is 11.5 Å². The number of hydrogen-bond acceptors (Lipinski definition) is 4. The average molecular weight is 524 g/mol. The number of benzene rings is 2. The van der Waals surface area contributed by atoms with Gasteiger partial charge in [0, 0.05) is 15.5 Å². The summed E-state index contributed by atoms with van der Waals surface area (Å²) in [6.07, 6.45) is 2.33. The van der Waals surface area contributed by atoms with E-state index >= 15 is 0 Å². The lowest BCUT2D eigenvalue weighted by molar-refractivity contribution is -0.122. The molecule has 3 amide bonds. The van der Waals surface area contributed by atoms with E-state index in [0.717, 1.165) is 10.0 Å². The molecule has 8 heteroatoms. The SMILES string of the molecule is CCCN1C(=O)N/C(=C/c2cc(OC)c(OCc3ccc(Br)cc3)cc2Br)C1=O. The molecular formula is C21H20Br2N2O4. The highest BCUT2D eigenvalue weighted by Gasteiger charge is 2.32. The molecule has 0 atom stereocenters. The van der Waals surface area contributed by atoms with Crippen molar-refractivity contribution in [3.05, 3.63) is 62.2 Å². The minimum atomic E-state index is -0.402. The van der Waals surface area contributed by atoms with Crippen molar-refractivity contribution in [1.29, 1.82) is 0 Å². The van der Waals surface area contributed by atoms with E-state index in [1.165, 1.54) is 4.90 Å². The topological polar surface area (TPSA) is 67.9 Å². The fraction of sp³-hybridized carbons (Fsp3) is 0.238. The van der Waals surface area contributed by atoms with Crippen LogP contribution in [0, 0.1) is 0 Å². The molecular weight excluding hydrogens is 504 g/mol. The van der Waals surface area contributed by atoms with Gasteiger partial charge in [0.05, 0.1) is 7.11 Å². The molecule has 0 bridgehead atoms. The Kier molecular flexibility index (Phi) is 6.97. The third-order valence-corrected chi connectivity index (χ3v) is 5.52. The third-order valence-electron chi connectivity index (χ3n) is 4.30. The summed E-state index contributed by atoms with van der Waals surface area (Å²) in [7, 11) is 1.55. The molecule has 1 N–H and O–H groups in total. The summed E-state index contributed by atoms with van der Waals surface area (Å²) >= 11 is 6.92. The molecule has 0 aliphatic carbocycles. The minimum absolute atomic E-state index is 0.231. The summed E-state index contributed by atoms with van der Waals surface area (Å²) in [6.45, 7) is 2.68. The number of imide groups is 1. The van der Waals surface area contributed by atoms with Crippen LogP contribution in [0.25, 0.3) is 6.08 Å². The standard InChI is InChI=1S/C21H20Br2N2O4/c1-3-8-25-20(26)17(24-21(25)27)9-14-10-18(28-2)19(11-16(14)23)29-12-13-4-6-15(22)7-5-13/h4-7,9-11H,3,8,12H2,1-2H3,(H,24,27)/b17-9+. The monoisotopic (exact) mass is 522 g/mol. The van der Waals surface area contributed by atoms with E-state index in [2.05, 4.69) is 37.2 Å². The molecule has 29 heavy (non-hydrogen) atoms. The van der Waals surface area contributed by atoms with Crippen molar-refractivity contribution in [3.8, 4) is 11.5 Å². The Morgan fingerprint density at radius 2 is 1.83 bits per heavy atom. The van der Waals surface area contributed by atoms with Gasteiger partial charge >= 0.3 is 6.03 Å². The maximum Gasteiger partial charge on any atom is 0.329 e. The smallest absolute Gasteiger partial charge is 0.329 e. The maximum absolute atomic E-state index is 12.4. The Morgan fingerprint density at radius 1 is 1.10 bits per heavy atom. The molecule has 1 heterocycles. The summed E-state index contributed by atoms with van der Waals surface area (Å²) in [5.41, 5.74) is 1.95. The summed E-state index contributed by atoms with van der Waals surface area (Å²) in [5, 5.41) is 2.62. The highest BCUT2D eigenvalue weighted by molar-refractivity contribution is 9.10. The molecule has 152 valence electrons. The number of nitrogens with zero attached hydrogens (tertiary/aromatic N) is 1. The fourth-order valence-corrected chi connectivity index (χ4v) is 3.53. The van der Waals surface area contributed by atoms with Crippen molar-refractivity contribution in [2.45, 2.75) is 20.0 Å². The molecule has 1 fully saturated rings. The Balaban J connectivity index is 1.82. The second kappa shape index (κ2) is 9.45. The van der Waals surface area contributed by atoms with Gasteiger partial charge in [0.2, 0.25) is 0 Å². The molecule has 2 aromatic rings. The van der Waals surface area contributed by atoms with Crippen LogP contribution in [-0.2, 0) is 11.4 Å². The van der Waals surface area contributed by atoms with E-state index in [-0.39, 0.29) is 11.6 Å². The van der Waals surface area contributed by atoms with Gasteiger partial charge in [0.25, 0.3) is 5.91 Å². The lowest BCUT2D eigenvalue weighted by Gasteiger charge is -2.13. The zero-order chi connectivity index (χ0) is 21.0. The normalized spacial score (nSPS) is 15.0. The van der Waals surface area contributed by atoms with Crippen LogP contribution in [0.1, 0.15) is 24.5 Å². The second-order valence-corrected chi connectivity index (χ2v) is 8.15. The number of urea groups is 1. The number of ether oxygens (including phenoxy) is 2. The molecule has 1 saturated heterocycles. The van der Waals surface area contributed by atoms with Gasteiger partial charge in [-0.05, 0) is 47.9 Å². The van der Waals surface area contributed by atoms with E-state index in [0.29, 0.717) is 41.1 Å². The first-order chi connectivity index (χ1) is 13.9. The van der Waals surface area contributed by atoms with Crippen LogP contribution >= 0.6 is 31.9 Å². The van der Waals surface area contributed by atoms with Crippen LogP contribution in [0.3, 0.4) is 0 Å². The van der Waals surface area contributed by atoms with Gasteiger partial charge in [-0.25, -0.2) is 4.79 Å². The van der Waals surface area contributed by atoms with Gasteiger partial charge in [0.15, 0.2) is 11.5 Å². The second-order valence-electron chi connectivity index (χ2n) is 6.38. The quantitative estimate of drug-likeness (QED) is 0.405. The van der Waals surface area contributed by atoms with Gasteiger partial charge in [0.1, 0.15) is 12.3 Å². The summed E-state index contributed by atoms with van der Waals surface area (Å²) in [4.78, 5) is 25.6. The number of methoxy groups -OCH3 is 1. The summed E-state index contributed by atoms with van der Waals surface area (Å²) < 4.78 is 13.1. The van der Waals surface area contributed by atoms with Crippen LogP contribution < -0.4 is 14.8 Å². The lowest BCUT2D eigenvalue weighted by Crippen LogP contribution is -2.31. The van der Waals surface area contributed by atoms with E-state index in [4.69, 9.17) is 9.47 Å². The van der Waals surface area contributed by atoms with Crippen molar-refractivity contribution in [3.63, 3.8) is 0 Å². The first-order valence-corrected chi connectivity index (χ1v) is 10.6. The minimum Gasteiger partial charge on any atom is -0.493 e. The van der Waals surface area contributed by atoms with Gasteiger partial charge in [-0.3, -0.25) is 9.69 Å². The predicted molar refractivity (Wildman–Crippen MR) is 118 cm³/mol. The average Bonchev–Trinajstić information content (AvgIpc) is 2.97. The highest BCUT2D eigenvalue weighted by atomic mass is 79.9.